The van der Waals surface area contributed by atoms with Gasteiger partial charge in [0.25, 0.3) is 0 Å². The first-order valence-corrected chi connectivity index (χ1v) is 11.2. The van der Waals surface area contributed by atoms with Crippen LogP contribution in [0.15, 0.2) is 30.3 Å². The summed E-state index contributed by atoms with van der Waals surface area (Å²) in [6.45, 7) is 0.0791. The highest BCUT2D eigenvalue weighted by Gasteiger charge is 2.23. The fraction of sp³-hybridized carbons (Fsp3) is 0.571. The van der Waals surface area contributed by atoms with Crippen molar-refractivity contribution in [3.63, 3.8) is 0 Å². The summed E-state index contributed by atoms with van der Waals surface area (Å²) in [7, 11) is 1.85. The summed E-state index contributed by atoms with van der Waals surface area (Å²) in [6.07, 6.45) is 5.15. The number of amides is 2. The monoisotopic (exact) mass is 422 g/mol. The summed E-state index contributed by atoms with van der Waals surface area (Å²) in [4.78, 5) is 37.4. The van der Waals surface area contributed by atoms with Crippen molar-refractivity contribution in [2.75, 3.05) is 18.6 Å². The number of hydrogen-bond acceptors (Lipinski definition) is 5. The molecule has 1 aromatic carbocycles. The molecule has 0 aliphatic heterocycles. The van der Waals surface area contributed by atoms with E-state index in [0.29, 0.717) is 17.5 Å². The van der Waals surface area contributed by atoms with E-state index in [1.807, 2.05) is 42.3 Å². The van der Waals surface area contributed by atoms with Gasteiger partial charge in [-0.15, -0.1) is 0 Å². The smallest absolute Gasteiger partial charge is 0.408 e. The lowest BCUT2D eigenvalue weighted by Gasteiger charge is -2.31. The normalized spacial score (nSPS) is 15.3. The van der Waals surface area contributed by atoms with Crippen LogP contribution < -0.4 is 5.32 Å². The van der Waals surface area contributed by atoms with Crippen molar-refractivity contribution >= 4 is 29.7 Å². The minimum absolute atomic E-state index is 0.0732. The molecule has 2 amide bonds. The van der Waals surface area contributed by atoms with E-state index in [2.05, 4.69) is 5.32 Å². The average molecular weight is 423 g/mol. The molecular weight excluding hydrogens is 392 g/mol. The third-order valence-corrected chi connectivity index (χ3v) is 6.07. The lowest BCUT2D eigenvalue weighted by atomic mass is 9.94. The van der Waals surface area contributed by atoms with Crippen molar-refractivity contribution in [2.24, 2.45) is 0 Å². The van der Waals surface area contributed by atoms with Crippen molar-refractivity contribution in [1.29, 1.82) is 0 Å². The van der Waals surface area contributed by atoms with Gasteiger partial charge in [0.1, 0.15) is 12.6 Å². The summed E-state index contributed by atoms with van der Waals surface area (Å²) >= 11 is 1.39. The predicted molar refractivity (Wildman–Crippen MR) is 113 cm³/mol. The van der Waals surface area contributed by atoms with Crippen molar-refractivity contribution in [1.82, 2.24) is 10.2 Å². The van der Waals surface area contributed by atoms with Crippen LogP contribution in [-0.4, -0.2) is 58.6 Å². The minimum Gasteiger partial charge on any atom is -0.480 e. The second-order valence-electron chi connectivity index (χ2n) is 7.23. The van der Waals surface area contributed by atoms with Crippen LogP contribution in [0.5, 0.6) is 0 Å². The number of carbonyl (C=O) groups excluding carboxylic acids is 2. The molecule has 8 heteroatoms. The highest BCUT2D eigenvalue weighted by atomic mass is 32.2. The van der Waals surface area contributed by atoms with Crippen LogP contribution in [0, 0.1) is 0 Å². The molecule has 1 fully saturated rings. The Hall–Kier alpha value is -2.22. The van der Waals surface area contributed by atoms with Crippen LogP contribution in [0.4, 0.5) is 4.79 Å². The fourth-order valence-corrected chi connectivity index (χ4v) is 4.22. The molecule has 0 saturated heterocycles. The van der Waals surface area contributed by atoms with Gasteiger partial charge in [-0.1, -0.05) is 49.6 Å². The summed E-state index contributed by atoms with van der Waals surface area (Å²) in [5.41, 5.74) is 0.825. The summed E-state index contributed by atoms with van der Waals surface area (Å²) < 4.78 is 5.07. The Kier molecular flexibility index (Phi) is 9.83. The zero-order valence-corrected chi connectivity index (χ0v) is 17.7. The van der Waals surface area contributed by atoms with Crippen molar-refractivity contribution in [3.8, 4) is 0 Å². The second-order valence-corrected chi connectivity index (χ2v) is 8.34. The molecule has 1 aliphatic carbocycles. The molecule has 0 aromatic heterocycles. The van der Waals surface area contributed by atoms with E-state index in [9.17, 15) is 19.5 Å². The molecule has 1 aromatic rings. The highest BCUT2D eigenvalue weighted by Crippen LogP contribution is 2.22. The largest absolute Gasteiger partial charge is 0.480 e. The quantitative estimate of drug-likeness (QED) is 0.562. The first-order chi connectivity index (χ1) is 14.0. The molecular formula is C21H30N2O5S. The zero-order chi connectivity index (χ0) is 21.1. The maximum atomic E-state index is 12.3. The number of rotatable bonds is 10. The minimum atomic E-state index is -1.12. The maximum Gasteiger partial charge on any atom is 0.408 e. The molecule has 29 heavy (non-hydrogen) atoms. The molecule has 1 aliphatic rings. The van der Waals surface area contributed by atoms with E-state index in [0.717, 1.165) is 18.4 Å². The van der Waals surface area contributed by atoms with Crippen LogP contribution in [0.1, 0.15) is 44.1 Å². The fourth-order valence-electron chi connectivity index (χ4n) is 3.30. The van der Waals surface area contributed by atoms with Gasteiger partial charge >= 0.3 is 12.1 Å². The molecule has 2 rings (SSSR count). The van der Waals surface area contributed by atoms with Gasteiger partial charge in [-0.3, -0.25) is 4.79 Å². The number of carboxylic acid groups (broad SMARTS) is 1. The maximum absolute atomic E-state index is 12.3. The van der Waals surface area contributed by atoms with Gasteiger partial charge in [-0.2, -0.15) is 11.8 Å². The van der Waals surface area contributed by atoms with E-state index in [4.69, 9.17) is 4.74 Å². The van der Waals surface area contributed by atoms with E-state index < -0.39 is 18.1 Å². The van der Waals surface area contributed by atoms with Crippen LogP contribution >= 0.6 is 11.8 Å². The lowest BCUT2D eigenvalue weighted by molar-refractivity contribution is -0.139. The first-order valence-electron chi connectivity index (χ1n) is 10.0. The van der Waals surface area contributed by atoms with Crippen LogP contribution in [-0.2, 0) is 20.9 Å². The van der Waals surface area contributed by atoms with Crippen molar-refractivity contribution < 1.29 is 24.2 Å². The first kappa shape index (κ1) is 23.1. The third kappa shape index (κ3) is 8.35. The Morgan fingerprint density at radius 1 is 1.21 bits per heavy atom. The number of aliphatic carboxylic acids is 1. The predicted octanol–water partition coefficient (Wildman–Crippen LogP) is 3.28. The Morgan fingerprint density at radius 2 is 1.90 bits per heavy atom. The second kappa shape index (κ2) is 12.4. The van der Waals surface area contributed by atoms with E-state index in [-0.39, 0.29) is 18.9 Å². The molecule has 0 heterocycles. The molecule has 0 radical (unpaired) electrons. The molecule has 2 N–H and O–H groups in total. The summed E-state index contributed by atoms with van der Waals surface area (Å²) in [5, 5.41) is 11.7. The average Bonchev–Trinajstić information content (AvgIpc) is 2.74. The standard InChI is InChI=1S/C21H30N2O5S/c1-23(17-10-6-3-7-11-17)19(24)15-29-13-12-18(20(25)26)22-21(27)28-14-16-8-4-2-5-9-16/h2,4-5,8-9,17-18H,3,6-7,10-15H2,1H3,(H,22,27)(H,25,26). The van der Waals surface area contributed by atoms with Gasteiger partial charge in [0.15, 0.2) is 0 Å². The summed E-state index contributed by atoms with van der Waals surface area (Å²) in [5.74, 6) is -0.269. The molecule has 1 unspecified atom stereocenters. The van der Waals surface area contributed by atoms with Gasteiger partial charge in [-0.25, -0.2) is 9.59 Å². The number of benzene rings is 1. The van der Waals surface area contributed by atoms with Gasteiger partial charge in [0.05, 0.1) is 5.75 Å². The number of carboxylic acids is 1. The Bertz CT molecular complexity index is 664. The number of hydrogen-bond donors (Lipinski definition) is 2. The molecule has 160 valence electrons. The molecule has 1 saturated carbocycles. The number of nitrogens with one attached hydrogen (secondary N) is 1. The number of thioether (sulfide) groups is 1. The van der Waals surface area contributed by atoms with E-state index in [1.54, 1.807) is 0 Å². The zero-order valence-electron chi connectivity index (χ0n) is 16.8. The highest BCUT2D eigenvalue weighted by molar-refractivity contribution is 7.99. The van der Waals surface area contributed by atoms with Gasteiger partial charge < -0.3 is 20.1 Å². The number of nitrogens with zero attached hydrogens (tertiary/aromatic N) is 1. The van der Waals surface area contributed by atoms with Gasteiger partial charge in [0.2, 0.25) is 5.91 Å². The molecule has 7 nitrogen and oxygen atoms in total. The van der Waals surface area contributed by atoms with Crippen molar-refractivity contribution in [3.05, 3.63) is 35.9 Å². The summed E-state index contributed by atoms with van der Waals surface area (Å²) in [6, 6.07) is 8.45. The van der Waals surface area contributed by atoms with Crippen molar-refractivity contribution in [2.45, 2.75) is 57.2 Å². The van der Waals surface area contributed by atoms with Crippen LogP contribution in [0.25, 0.3) is 0 Å². The molecule has 0 bridgehead atoms. The van der Waals surface area contributed by atoms with Gasteiger partial charge in [-0.05, 0) is 30.6 Å². The topological polar surface area (TPSA) is 95.9 Å². The number of carbonyl (C=O) groups is 3. The van der Waals surface area contributed by atoms with E-state index >= 15 is 0 Å². The number of ether oxygens (including phenoxy) is 1. The Balaban J connectivity index is 1.67. The SMILES string of the molecule is CN(C(=O)CSCCC(NC(=O)OCc1ccccc1)C(=O)O)C1CCCCC1. The number of alkyl carbamates (subject to hydrolysis) is 1. The van der Waals surface area contributed by atoms with Gasteiger partial charge in [0, 0.05) is 13.1 Å². The van der Waals surface area contributed by atoms with E-state index in [1.165, 1.54) is 31.0 Å². The van der Waals surface area contributed by atoms with Crippen LogP contribution in [0.3, 0.4) is 0 Å². The Labute approximate surface area is 176 Å². The molecule has 0 spiro atoms. The lowest BCUT2D eigenvalue weighted by Crippen LogP contribution is -2.41. The Morgan fingerprint density at radius 3 is 2.55 bits per heavy atom. The molecule has 1 atom stereocenters. The van der Waals surface area contributed by atoms with Crippen LogP contribution in [0.2, 0.25) is 0 Å². The third-order valence-electron chi connectivity index (χ3n) is 5.10.